The van der Waals surface area contributed by atoms with Crippen LogP contribution in [0.5, 0.6) is 0 Å². The summed E-state index contributed by atoms with van der Waals surface area (Å²) in [7, 11) is -2.79. The summed E-state index contributed by atoms with van der Waals surface area (Å²) in [6.07, 6.45) is 3.09. The fraction of sp³-hybridized carbons (Fsp3) is 1.00. The largest absolute Gasteiger partial charge is 0.317 e. The van der Waals surface area contributed by atoms with Gasteiger partial charge >= 0.3 is 0 Å². The molecule has 0 aromatic carbocycles. The molecule has 0 bridgehead atoms. The third-order valence-corrected chi connectivity index (χ3v) is 3.72. The van der Waals surface area contributed by atoms with Gasteiger partial charge in [-0.2, -0.15) is 0 Å². The Hall–Kier alpha value is -0.0900. The maximum Gasteiger partial charge on any atom is 0.147 e. The Morgan fingerprint density at radius 2 is 1.87 bits per heavy atom. The molecule has 0 radical (unpaired) electrons. The number of hydrogen-bond donors (Lipinski definition) is 1. The van der Waals surface area contributed by atoms with Crippen molar-refractivity contribution in [2.75, 3.05) is 25.1 Å². The first-order chi connectivity index (χ1) is 6.87. The van der Waals surface area contributed by atoms with Crippen molar-refractivity contribution in [3.05, 3.63) is 0 Å². The van der Waals surface area contributed by atoms with Crippen molar-refractivity contribution >= 4 is 9.84 Å². The van der Waals surface area contributed by atoms with E-state index < -0.39 is 9.84 Å². The van der Waals surface area contributed by atoms with E-state index in [0.29, 0.717) is 17.6 Å². The summed E-state index contributed by atoms with van der Waals surface area (Å²) < 4.78 is 22.0. The SMILES string of the molecule is CCNCC(CCCS(C)(=O)=O)C(C)C. The lowest BCUT2D eigenvalue weighted by Gasteiger charge is -2.20. The van der Waals surface area contributed by atoms with Crippen LogP contribution in [0, 0.1) is 11.8 Å². The van der Waals surface area contributed by atoms with Gasteiger partial charge in [-0.1, -0.05) is 20.8 Å². The highest BCUT2D eigenvalue weighted by Crippen LogP contribution is 2.16. The minimum atomic E-state index is -2.79. The molecule has 0 aliphatic rings. The van der Waals surface area contributed by atoms with Crippen molar-refractivity contribution in [2.24, 2.45) is 11.8 Å². The fourth-order valence-corrected chi connectivity index (χ4v) is 2.30. The molecule has 0 saturated carbocycles. The first kappa shape index (κ1) is 14.9. The van der Waals surface area contributed by atoms with Gasteiger partial charge in [0.15, 0.2) is 0 Å². The monoisotopic (exact) mass is 235 g/mol. The molecule has 0 aromatic heterocycles. The molecule has 0 amide bonds. The van der Waals surface area contributed by atoms with Crippen molar-refractivity contribution < 1.29 is 8.42 Å². The molecule has 1 N–H and O–H groups in total. The molecule has 1 atom stereocenters. The van der Waals surface area contributed by atoms with Crippen LogP contribution in [0.25, 0.3) is 0 Å². The topological polar surface area (TPSA) is 46.2 Å². The van der Waals surface area contributed by atoms with E-state index in [2.05, 4.69) is 26.1 Å². The Bertz CT molecular complexity index is 247. The van der Waals surface area contributed by atoms with E-state index in [1.54, 1.807) is 0 Å². The summed E-state index contributed by atoms with van der Waals surface area (Å²) in [4.78, 5) is 0. The summed E-state index contributed by atoms with van der Waals surface area (Å²) >= 11 is 0. The second-order valence-electron chi connectivity index (χ2n) is 4.58. The zero-order chi connectivity index (χ0) is 11.9. The Balaban J connectivity index is 3.86. The van der Waals surface area contributed by atoms with Gasteiger partial charge in [-0.05, 0) is 37.8 Å². The molecule has 1 unspecified atom stereocenters. The normalized spacial score (nSPS) is 14.5. The van der Waals surface area contributed by atoms with Gasteiger partial charge in [0, 0.05) is 12.0 Å². The lowest BCUT2D eigenvalue weighted by atomic mass is 9.91. The first-order valence-corrected chi connectivity index (χ1v) is 7.81. The lowest BCUT2D eigenvalue weighted by Crippen LogP contribution is -2.26. The van der Waals surface area contributed by atoms with Gasteiger partial charge in [-0.25, -0.2) is 8.42 Å². The molecule has 0 aliphatic carbocycles. The van der Waals surface area contributed by atoms with Crippen LogP contribution in [0.4, 0.5) is 0 Å². The van der Waals surface area contributed by atoms with Crippen molar-refractivity contribution in [1.82, 2.24) is 5.32 Å². The zero-order valence-electron chi connectivity index (χ0n) is 10.4. The predicted molar refractivity (Wildman–Crippen MR) is 65.8 cm³/mol. The second-order valence-corrected chi connectivity index (χ2v) is 6.84. The van der Waals surface area contributed by atoms with Crippen molar-refractivity contribution in [1.29, 1.82) is 0 Å². The molecule has 0 saturated heterocycles. The van der Waals surface area contributed by atoms with E-state index in [9.17, 15) is 8.42 Å². The molecule has 0 fully saturated rings. The molecule has 0 rings (SSSR count). The Morgan fingerprint density at radius 3 is 2.27 bits per heavy atom. The molecule has 0 aliphatic heterocycles. The molecule has 0 spiro atoms. The zero-order valence-corrected chi connectivity index (χ0v) is 11.2. The molecule has 0 aromatic rings. The van der Waals surface area contributed by atoms with E-state index in [1.807, 2.05) is 0 Å². The first-order valence-electron chi connectivity index (χ1n) is 5.75. The van der Waals surface area contributed by atoms with Gasteiger partial charge in [0.2, 0.25) is 0 Å². The maximum absolute atomic E-state index is 11.0. The smallest absolute Gasteiger partial charge is 0.147 e. The molecule has 92 valence electrons. The highest BCUT2D eigenvalue weighted by atomic mass is 32.2. The highest BCUT2D eigenvalue weighted by molar-refractivity contribution is 7.90. The van der Waals surface area contributed by atoms with Crippen molar-refractivity contribution in [3.8, 4) is 0 Å². The number of nitrogens with one attached hydrogen (secondary N) is 1. The third kappa shape index (κ3) is 8.88. The standard InChI is InChI=1S/C11H25NO2S/c1-5-12-9-11(10(2)3)7-6-8-15(4,13)14/h10-12H,5-9H2,1-4H3. The summed E-state index contributed by atoms with van der Waals surface area (Å²) in [6.45, 7) is 8.46. The predicted octanol–water partition coefficient (Wildman–Crippen LogP) is 1.69. The Morgan fingerprint density at radius 1 is 1.27 bits per heavy atom. The number of hydrogen-bond acceptors (Lipinski definition) is 3. The van der Waals surface area contributed by atoms with E-state index >= 15 is 0 Å². The summed E-state index contributed by atoms with van der Waals surface area (Å²) in [5, 5.41) is 3.33. The van der Waals surface area contributed by atoms with E-state index in [0.717, 1.165) is 25.9 Å². The average molecular weight is 235 g/mol. The molecule has 3 nitrogen and oxygen atoms in total. The van der Waals surface area contributed by atoms with Crippen molar-refractivity contribution in [2.45, 2.75) is 33.6 Å². The van der Waals surface area contributed by atoms with Gasteiger partial charge in [0.05, 0.1) is 0 Å². The van der Waals surface area contributed by atoms with Gasteiger partial charge in [0.25, 0.3) is 0 Å². The Labute approximate surface area is 94.6 Å². The van der Waals surface area contributed by atoms with Crippen LogP contribution in [0.3, 0.4) is 0 Å². The quantitative estimate of drug-likeness (QED) is 0.696. The van der Waals surface area contributed by atoms with Gasteiger partial charge in [-0.3, -0.25) is 0 Å². The van der Waals surface area contributed by atoms with Crippen LogP contribution in [0.1, 0.15) is 33.6 Å². The Kier molecular flexibility index (Phi) is 7.18. The minimum Gasteiger partial charge on any atom is -0.317 e. The number of rotatable bonds is 8. The molecular weight excluding hydrogens is 210 g/mol. The molecule has 0 heterocycles. The minimum absolute atomic E-state index is 0.322. The van der Waals surface area contributed by atoms with Crippen LogP contribution < -0.4 is 5.32 Å². The van der Waals surface area contributed by atoms with Crippen LogP contribution in [0.15, 0.2) is 0 Å². The maximum atomic E-state index is 11.0. The van der Waals surface area contributed by atoms with Gasteiger partial charge in [0.1, 0.15) is 9.84 Å². The average Bonchev–Trinajstić information content (AvgIpc) is 2.08. The number of sulfone groups is 1. The van der Waals surface area contributed by atoms with Crippen LogP contribution in [-0.4, -0.2) is 33.5 Å². The van der Waals surface area contributed by atoms with E-state index in [-0.39, 0.29) is 0 Å². The molecule has 4 heteroatoms. The lowest BCUT2D eigenvalue weighted by molar-refractivity contribution is 0.341. The van der Waals surface area contributed by atoms with Gasteiger partial charge < -0.3 is 5.32 Å². The van der Waals surface area contributed by atoms with Crippen LogP contribution in [-0.2, 0) is 9.84 Å². The summed E-state index contributed by atoms with van der Waals surface area (Å²) in [5.74, 6) is 1.53. The van der Waals surface area contributed by atoms with Crippen molar-refractivity contribution in [3.63, 3.8) is 0 Å². The molecular formula is C11H25NO2S. The van der Waals surface area contributed by atoms with Crippen LogP contribution in [0.2, 0.25) is 0 Å². The third-order valence-electron chi connectivity index (χ3n) is 2.69. The van der Waals surface area contributed by atoms with E-state index in [4.69, 9.17) is 0 Å². The van der Waals surface area contributed by atoms with Gasteiger partial charge in [-0.15, -0.1) is 0 Å². The highest BCUT2D eigenvalue weighted by Gasteiger charge is 2.13. The van der Waals surface area contributed by atoms with Crippen LogP contribution >= 0.6 is 0 Å². The second kappa shape index (κ2) is 7.23. The fourth-order valence-electron chi connectivity index (χ4n) is 1.61. The molecule has 15 heavy (non-hydrogen) atoms. The summed E-state index contributed by atoms with van der Waals surface area (Å²) in [5.41, 5.74) is 0. The summed E-state index contributed by atoms with van der Waals surface area (Å²) in [6, 6.07) is 0. The van der Waals surface area contributed by atoms with E-state index in [1.165, 1.54) is 6.26 Å².